The van der Waals surface area contributed by atoms with Crippen molar-refractivity contribution in [1.82, 2.24) is 25.5 Å². The van der Waals surface area contributed by atoms with Crippen LogP contribution in [0, 0.1) is 11.8 Å². The molecule has 0 saturated heterocycles. The molecule has 0 radical (unpaired) electrons. The number of rotatable bonds is 5. The Hall–Kier alpha value is -0.970. The molecule has 0 spiro atoms. The molecule has 1 heterocycles. The molecule has 2 atom stereocenters. The molecule has 0 aromatic carbocycles. The largest absolute Gasteiger partial charge is 0.317 e. The van der Waals surface area contributed by atoms with E-state index in [1.807, 2.05) is 7.05 Å². The monoisotopic (exact) mass is 223 g/mol. The lowest BCUT2D eigenvalue weighted by molar-refractivity contribution is 0.362. The van der Waals surface area contributed by atoms with Crippen molar-refractivity contribution in [3.8, 4) is 0 Å². The van der Waals surface area contributed by atoms with Gasteiger partial charge in [-0.2, -0.15) is 4.80 Å². The molecule has 90 valence electrons. The first-order chi connectivity index (χ1) is 7.79. The zero-order valence-electron chi connectivity index (χ0n) is 10.2. The van der Waals surface area contributed by atoms with Crippen molar-refractivity contribution in [2.75, 3.05) is 13.1 Å². The third-order valence-electron chi connectivity index (χ3n) is 3.47. The molecule has 1 N–H and O–H groups in total. The Bertz CT molecular complexity index is 322. The third kappa shape index (κ3) is 2.78. The van der Waals surface area contributed by atoms with Crippen molar-refractivity contribution < 1.29 is 0 Å². The molecule has 0 aliphatic heterocycles. The van der Waals surface area contributed by atoms with Crippen LogP contribution in [0.5, 0.6) is 0 Å². The fourth-order valence-electron chi connectivity index (χ4n) is 2.62. The summed E-state index contributed by atoms with van der Waals surface area (Å²) in [6.45, 7) is 4.36. The first-order valence-corrected chi connectivity index (χ1v) is 6.23. The minimum absolute atomic E-state index is 0.739. The van der Waals surface area contributed by atoms with Crippen molar-refractivity contribution in [1.29, 1.82) is 0 Å². The zero-order chi connectivity index (χ0) is 11.4. The molecule has 1 saturated carbocycles. The van der Waals surface area contributed by atoms with Gasteiger partial charge < -0.3 is 5.32 Å². The van der Waals surface area contributed by atoms with E-state index in [1.54, 1.807) is 4.80 Å². The average molecular weight is 223 g/mol. The van der Waals surface area contributed by atoms with E-state index in [0.29, 0.717) is 0 Å². The summed E-state index contributed by atoms with van der Waals surface area (Å²) in [7, 11) is 1.82. The van der Waals surface area contributed by atoms with Crippen LogP contribution in [-0.4, -0.2) is 33.3 Å². The number of nitrogens with zero attached hydrogens (tertiary/aromatic N) is 4. The smallest absolute Gasteiger partial charge is 0.175 e. The first kappa shape index (κ1) is 11.5. The predicted octanol–water partition coefficient (Wildman–Crippen LogP) is 0.778. The Kier molecular flexibility index (Phi) is 3.88. The van der Waals surface area contributed by atoms with Gasteiger partial charge in [0, 0.05) is 6.42 Å². The second-order valence-corrected chi connectivity index (χ2v) is 4.66. The van der Waals surface area contributed by atoms with Crippen LogP contribution in [0.2, 0.25) is 0 Å². The molecular weight excluding hydrogens is 202 g/mol. The van der Waals surface area contributed by atoms with E-state index in [0.717, 1.165) is 37.2 Å². The van der Waals surface area contributed by atoms with E-state index in [-0.39, 0.29) is 0 Å². The minimum Gasteiger partial charge on any atom is -0.317 e. The van der Waals surface area contributed by atoms with Gasteiger partial charge >= 0.3 is 0 Å². The maximum absolute atomic E-state index is 4.26. The van der Waals surface area contributed by atoms with Crippen LogP contribution in [0.4, 0.5) is 0 Å². The van der Waals surface area contributed by atoms with Crippen LogP contribution in [0.3, 0.4) is 0 Å². The number of hydrogen-bond donors (Lipinski definition) is 1. The Morgan fingerprint density at radius 2 is 2.19 bits per heavy atom. The first-order valence-electron chi connectivity index (χ1n) is 6.23. The van der Waals surface area contributed by atoms with Gasteiger partial charge in [-0.3, -0.25) is 0 Å². The highest BCUT2D eigenvalue weighted by atomic mass is 15.6. The third-order valence-corrected chi connectivity index (χ3v) is 3.47. The normalized spacial score (nSPS) is 25.1. The van der Waals surface area contributed by atoms with Gasteiger partial charge in [0.05, 0.1) is 7.05 Å². The molecule has 1 aliphatic rings. The van der Waals surface area contributed by atoms with E-state index in [4.69, 9.17) is 0 Å². The summed E-state index contributed by atoms with van der Waals surface area (Å²) in [4.78, 5) is 1.55. The maximum Gasteiger partial charge on any atom is 0.175 e. The van der Waals surface area contributed by atoms with Crippen molar-refractivity contribution in [3.63, 3.8) is 0 Å². The van der Waals surface area contributed by atoms with Gasteiger partial charge in [-0.05, 0) is 43.0 Å². The SMILES string of the molecule is CCNCC1CCCC1Cc1nnn(C)n1. The quantitative estimate of drug-likeness (QED) is 0.801. The highest BCUT2D eigenvalue weighted by molar-refractivity contribution is 4.88. The van der Waals surface area contributed by atoms with Gasteiger partial charge in [0.25, 0.3) is 0 Å². The Morgan fingerprint density at radius 3 is 2.88 bits per heavy atom. The van der Waals surface area contributed by atoms with E-state index in [1.165, 1.54) is 19.3 Å². The fourth-order valence-corrected chi connectivity index (χ4v) is 2.62. The summed E-state index contributed by atoms with van der Waals surface area (Å²) in [6.07, 6.45) is 5.00. The van der Waals surface area contributed by atoms with E-state index in [9.17, 15) is 0 Å². The number of nitrogens with one attached hydrogen (secondary N) is 1. The zero-order valence-corrected chi connectivity index (χ0v) is 10.2. The topological polar surface area (TPSA) is 55.6 Å². The van der Waals surface area contributed by atoms with Gasteiger partial charge in [0.1, 0.15) is 0 Å². The highest BCUT2D eigenvalue weighted by Crippen LogP contribution is 2.33. The van der Waals surface area contributed by atoms with E-state index >= 15 is 0 Å². The van der Waals surface area contributed by atoms with Crippen molar-refractivity contribution >= 4 is 0 Å². The number of hydrogen-bond acceptors (Lipinski definition) is 4. The molecule has 1 aliphatic carbocycles. The van der Waals surface area contributed by atoms with Crippen molar-refractivity contribution in [2.24, 2.45) is 18.9 Å². The number of aryl methyl sites for hydroxylation is 1. The molecule has 1 aromatic rings. The lowest BCUT2D eigenvalue weighted by Gasteiger charge is -2.18. The second-order valence-electron chi connectivity index (χ2n) is 4.66. The van der Waals surface area contributed by atoms with Crippen LogP contribution >= 0.6 is 0 Å². The molecule has 0 bridgehead atoms. The van der Waals surface area contributed by atoms with E-state index in [2.05, 4.69) is 27.7 Å². The van der Waals surface area contributed by atoms with Crippen molar-refractivity contribution in [2.45, 2.75) is 32.6 Å². The summed E-state index contributed by atoms with van der Waals surface area (Å²) in [5.74, 6) is 2.43. The predicted molar refractivity (Wildman–Crippen MR) is 61.9 cm³/mol. The van der Waals surface area contributed by atoms with Crippen LogP contribution in [0.1, 0.15) is 32.0 Å². The van der Waals surface area contributed by atoms with Gasteiger partial charge in [0.2, 0.25) is 0 Å². The highest BCUT2D eigenvalue weighted by Gasteiger charge is 2.27. The summed E-state index contributed by atoms with van der Waals surface area (Å²) in [5.41, 5.74) is 0. The maximum atomic E-state index is 4.26. The van der Waals surface area contributed by atoms with Crippen molar-refractivity contribution in [3.05, 3.63) is 5.82 Å². The van der Waals surface area contributed by atoms with Crippen LogP contribution in [0.25, 0.3) is 0 Å². The standard InChI is InChI=1S/C11H21N5/c1-3-12-8-10-6-4-5-9(10)7-11-13-15-16(2)14-11/h9-10,12H,3-8H2,1-2H3. The summed E-state index contributed by atoms with van der Waals surface area (Å²) in [6, 6.07) is 0. The lowest BCUT2D eigenvalue weighted by atomic mass is 9.92. The Balaban J connectivity index is 1.88. The minimum atomic E-state index is 0.739. The molecule has 2 rings (SSSR count). The number of tetrazole rings is 1. The summed E-state index contributed by atoms with van der Waals surface area (Å²) in [5, 5.41) is 15.7. The molecule has 5 nitrogen and oxygen atoms in total. The summed E-state index contributed by atoms with van der Waals surface area (Å²) >= 11 is 0. The van der Waals surface area contributed by atoms with Gasteiger partial charge in [-0.15, -0.1) is 10.2 Å². The molecule has 0 amide bonds. The molecular formula is C11H21N5. The van der Waals surface area contributed by atoms with Gasteiger partial charge in [0.15, 0.2) is 5.82 Å². The van der Waals surface area contributed by atoms with Gasteiger partial charge in [-0.25, -0.2) is 0 Å². The lowest BCUT2D eigenvalue weighted by Crippen LogP contribution is -2.26. The molecule has 1 aromatic heterocycles. The Labute approximate surface area is 96.6 Å². The molecule has 2 unspecified atom stereocenters. The van der Waals surface area contributed by atoms with Gasteiger partial charge in [-0.1, -0.05) is 13.3 Å². The average Bonchev–Trinajstić information content (AvgIpc) is 2.86. The molecule has 1 fully saturated rings. The summed E-state index contributed by atoms with van der Waals surface area (Å²) < 4.78 is 0. The fraction of sp³-hybridized carbons (Fsp3) is 0.909. The molecule has 5 heteroatoms. The molecule has 16 heavy (non-hydrogen) atoms. The number of aromatic nitrogens is 4. The van der Waals surface area contributed by atoms with E-state index < -0.39 is 0 Å². The van der Waals surface area contributed by atoms with Crippen LogP contribution < -0.4 is 5.32 Å². The Morgan fingerprint density at radius 1 is 1.38 bits per heavy atom. The second kappa shape index (κ2) is 5.39. The van der Waals surface area contributed by atoms with Crippen LogP contribution in [-0.2, 0) is 13.5 Å². The van der Waals surface area contributed by atoms with Crippen LogP contribution in [0.15, 0.2) is 0 Å².